The van der Waals surface area contributed by atoms with E-state index in [-0.39, 0.29) is 24.7 Å². The van der Waals surface area contributed by atoms with Crippen molar-refractivity contribution in [1.82, 2.24) is 9.80 Å². The van der Waals surface area contributed by atoms with Gasteiger partial charge >= 0.3 is 0 Å². The second-order valence-electron chi connectivity index (χ2n) is 4.58. The number of rotatable bonds is 4. The summed E-state index contributed by atoms with van der Waals surface area (Å²) in [6.45, 7) is 8.79. The van der Waals surface area contributed by atoms with Crippen LogP contribution in [0.4, 0.5) is 0 Å². The molecule has 0 aromatic carbocycles. The van der Waals surface area contributed by atoms with E-state index in [0.717, 1.165) is 13.1 Å². The molecule has 96 valence electrons. The lowest BCUT2D eigenvalue weighted by Gasteiger charge is -2.35. The van der Waals surface area contributed by atoms with Crippen LogP contribution < -0.4 is 0 Å². The molecule has 1 heterocycles. The molecule has 0 aromatic heterocycles. The van der Waals surface area contributed by atoms with Gasteiger partial charge in [0.15, 0.2) is 0 Å². The van der Waals surface area contributed by atoms with Crippen LogP contribution in [-0.4, -0.2) is 60.6 Å². The Kier molecular flexibility index (Phi) is 5.39. The predicted molar refractivity (Wildman–Crippen MR) is 64.3 cm³/mol. The minimum absolute atomic E-state index is 0.0444. The van der Waals surface area contributed by atoms with Crippen LogP contribution in [0.25, 0.3) is 0 Å². The van der Waals surface area contributed by atoms with Crippen molar-refractivity contribution in [2.75, 3.05) is 32.8 Å². The van der Waals surface area contributed by atoms with Gasteiger partial charge in [0.05, 0.1) is 18.2 Å². The van der Waals surface area contributed by atoms with Crippen LogP contribution in [0.3, 0.4) is 0 Å². The van der Waals surface area contributed by atoms with Crippen molar-refractivity contribution in [1.29, 1.82) is 5.26 Å². The van der Waals surface area contributed by atoms with Gasteiger partial charge < -0.3 is 9.64 Å². The minimum Gasteiger partial charge on any atom is -0.369 e. The summed E-state index contributed by atoms with van der Waals surface area (Å²) in [5.74, 6) is 0.0444. The van der Waals surface area contributed by atoms with E-state index in [9.17, 15) is 4.79 Å². The summed E-state index contributed by atoms with van der Waals surface area (Å²) in [4.78, 5) is 15.7. The first-order chi connectivity index (χ1) is 8.04. The molecule has 1 unspecified atom stereocenters. The summed E-state index contributed by atoms with van der Waals surface area (Å²) in [5.41, 5.74) is 0. The summed E-state index contributed by atoms with van der Waals surface area (Å²) in [6, 6.07) is 2.15. The van der Waals surface area contributed by atoms with E-state index in [0.29, 0.717) is 13.1 Å². The maximum Gasteiger partial charge on any atom is 0.248 e. The maximum absolute atomic E-state index is 11.8. The molecule has 5 nitrogen and oxygen atoms in total. The van der Waals surface area contributed by atoms with Crippen LogP contribution in [0.5, 0.6) is 0 Å². The standard InChI is InChI=1S/C12H21N3O2/c1-10(2)17-9-12(16)15-6-4-14(5-7-15)11(3)8-13/h10-11H,4-7,9H2,1-3H3. The van der Waals surface area contributed by atoms with Crippen LogP contribution in [0.1, 0.15) is 20.8 Å². The van der Waals surface area contributed by atoms with E-state index < -0.39 is 0 Å². The Bertz CT molecular complexity index is 291. The van der Waals surface area contributed by atoms with Crippen molar-refractivity contribution in [2.45, 2.75) is 32.9 Å². The summed E-state index contributed by atoms with van der Waals surface area (Å²) in [5, 5.41) is 8.82. The highest BCUT2D eigenvalue weighted by Gasteiger charge is 2.23. The SMILES string of the molecule is CC(C)OCC(=O)N1CCN(C(C)C#N)CC1. The molecule has 1 saturated heterocycles. The molecule has 0 bridgehead atoms. The van der Waals surface area contributed by atoms with E-state index >= 15 is 0 Å². The fourth-order valence-corrected chi connectivity index (χ4v) is 1.77. The lowest BCUT2D eigenvalue weighted by Crippen LogP contribution is -2.51. The number of nitrogens with zero attached hydrogens (tertiary/aromatic N) is 3. The van der Waals surface area contributed by atoms with E-state index in [1.54, 1.807) is 0 Å². The third-order valence-corrected chi connectivity index (χ3v) is 2.94. The quantitative estimate of drug-likeness (QED) is 0.715. The molecule has 1 aliphatic heterocycles. The van der Waals surface area contributed by atoms with E-state index in [1.165, 1.54) is 0 Å². The Hall–Kier alpha value is -1.12. The number of nitriles is 1. The molecule has 0 saturated carbocycles. The van der Waals surface area contributed by atoms with Crippen LogP contribution >= 0.6 is 0 Å². The van der Waals surface area contributed by atoms with Gasteiger partial charge in [0.2, 0.25) is 5.91 Å². The van der Waals surface area contributed by atoms with Gasteiger partial charge in [0, 0.05) is 26.2 Å². The normalized spacial score (nSPS) is 19.1. The highest BCUT2D eigenvalue weighted by atomic mass is 16.5. The van der Waals surface area contributed by atoms with Gasteiger partial charge in [-0.1, -0.05) is 0 Å². The van der Waals surface area contributed by atoms with Crippen LogP contribution in [0.15, 0.2) is 0 Å². The Labute approximate surface area is 103 Å². The molecule has 0 spiro atoms. The molecule has 1 atom stereocenters. The second-order valence-corrected chi connectivity index (χ2v) is 4.58. The molecule has 1 amide bonds. The summed E-state index contributed by atoms with van der Waals surface area (Å²) < 4.78 is 5.30. The third kappa shape index (κ3) is 4.33. The Morgan fingerprint density at radius 2 is 1.88 bits per heavy atom. The van der Waals surface area contributed by atoms with Gasteiger partial charge in [-0.15, -0.1) is 0 Å². The molecule has 1 rings (SSSR count). The first kappa shape index (κ1) is 13.9. The van der Waals surface area contributed by atoms with Gasteiger partial charge in [0.25, 0.3) is 0 Å². The smallest absolute Gasteiger partial charge is 0.248 e. The first-order valence-corrected chi connectivity index (χ1v) is 6.07. The zero-order valence-corrected chi connectivity index (χ0v) is 10.8. The zero-order chi connectivity index (χ0) is 12.8. The Morgan fingerprint density at radius 1 is 1.29 bits per heavy atom. The highest BCUT2D eigenvalue weighted by molar-refractivity contribution is 5.77. The van der Waals surface area contributed by atoms with Gasteiger partial charge in [-0.3, -0.25) is 9.69 Å². The predicted octanol–water partition coefficient (Wildman–Crippen LogP) is 0.468. The van der Waals surface area contributed by atoms with Crippen molar-refractivity contribution in [2.24, 2.45) is 0 Å². The molecule has 1 fully saturated rings. The number of ether oxygens (including phenoxy) is 1. The lowest BCUT2D eigenvalue weighted by atomic mass is 10.2. The van der Waals surface area contributed by atoms with Gasteiger partial charge in [-0.05, 0) is 20.8 Å². The van der Waals surface area contributed by atoms with Crippen LogP contribution in [0.2, 0.25) is 0 Å². The highest BCUT2D eigenvalue weighted by Crippen LogP contribution is 2.06. The molecular formula is C12H21N3O2. The van der Waals surface area contributed by atoms with Crippen molar-refractivity contribution in [3.05, 3.63) is 0 Å². The van der Waals surface area contributed by atoms with Gasteiger partial charge in [0.1, 0.15) is 6.61 Å². The molecule has 0 radical (unpaired) electrons. The monoisotopic (exact) mass is 239 g/mol. The number of hydrogen-bond acceptors (Lipinski definition) is 4. The minimum atomic E-state index is -0.0702. The third-order valence-electron chi connectivity index (χ3n) is 2.94. The number of hydrogen-bond donors (Lipinski definition) is 0. The Morgan fingerprint density at radius 3 is 2.35 bits per heavy atom. The average molecular weight is 239 g/mol. The lowest BCUT2D eigenvalue weighted by molar-refractivity contribution is -0.139. The van der Waals surface area contributed by atoms with Crippen molar-refractivity contribution in [3.63, 3.8) is 0 Å². The zero-order valence-electron chi connectivity index (χ0n) is 10.8. The van der Waals surface area contributed by atoms with Crippen molar-refractivity contribution in [3.8, 4) is 6.07 Å². The summed E-state index contributed by atoms with van der Waals surface area (Å²) >= 11 is 0. The second kappa shape index (κ2) is 6.58. The number of piperazine rings is 1. The molecule has 0 aromatic rings. The van der Waals surface area contributed by atoms with Crippen LogP contribution in [-0.2, 0) is 9.53 Å². The van der Waals surface area contributed by atoms with Gasteiger partial charge in [-0.25, -0.2) is 0 Å². The van der Waals surface area contributed by atoms with Crippen molar-refractivity contribution >= 4 is 5.91 Å². The first-order valence-electron chi connectivity index (χ1n) is 6.07. The van der Waals surface area contributed by atoms with E-state index in [1.807, 2.05) is 25.7 Å². The number of carbonyl (C=O) groups excluding carboxylic acids is 1. The van der Waals surface area contributed by atoms with Gasteiger partial charge in [-0.2, -0.15) is 5.26 Å². The molecule has 1 aliphatic rings. The fraction of sp³-hybridized carbons (Fsp3) is 0.833. The van der Waals surface area contributed by atoms with E-state index in [4.69, 9.17) is 10.00 Å². The van der Waals surface area contributed by atoms with Crippen LogP contribution in [0, 0.1) is 11.3 Å². The van der Waals surface area contributed by atoms with Crippen molar-refractivity contribution < 1.29 is 9.53 Å². The Balaban J connectivity index is 2.32. The van der Waals surface area contributed by atoms with E-state index in [2.05, 4.69) is 11.0 Å². The molecule has 5 heteroatoms. The topological polar surface area (TPSA) is 56.6 Å². The average Bonchev–Trinajstić information content (AvgIpc) is 2.35. The number of carbonyl (C=O) groups is 1. The molecule has 0 aliphatic carbocycles. The molecule has 17 heavy (non-hydrogen) atoms. The summed E-state index contributed by atoms with van der Waals surface area (Å²) in [7, 11) is 0. The maximum atomic E-state index is 11.8. The number of amides is 1. The molecular weight excluding hydrogens is 218 g/mol. The molecule has 0 N–H and O–H groups in total. The largest absolute Gasteiger partial charge is 0.369 e. The summed E-state index contributed by atoms with van der Waals surface area (Å²) in [6.07, 6.45) is 0.0823. The fourth-order valence-electron chi connectivity index (χ4n) is 1.77.